The third kappa shape index (κ3) is 2.35. The molecule has 104 valence electrons. The van der Waals surface area contributed by atoms with Gasteiger partial charge in [-0.05, 0) is 61.8 Å². The minimum atomic E-state index is 0.878. The topological polar surface area (TPSA) is 12.0 Å². The zero-order valence-electron chi connectivity index (χ0n) is 12.3. The predicted octanol–water partition coefficient (Wildman–Crippen LogP) is 4.23. The van der Waals surface area contributed by atoms with Gasteiger partial charge in [-0.2, -0.15) is 0 Å². The third-order valence-corrected chi connectivity index (χ3v) is 6.30. The summed E-state index contributed by atoms with van der Waals surface area (Å²) in [6.45, 7) is 5.84. The van der Waals surface area contributed by atoms with Gasteiger partial charge >= 0.3 is 0 Å². The summed E-state index contributed by atoms with van der Waals surface area (Å²) in [6.07, 6.45) is 12.0. The standard InChI is InChI=1S/C17H31N/c1-3-12-8-10-13(11-9-12)17(18-4-2)16-14-6-5-7-15(14)16/h12-18H,3-11H2,1-2H3. The van der Waals surface area contributed by atoms with Gasteiger partial charge in [-0.1, -0.05) is 39.5 Å². The molecule has 3 aliphatic rings. The van der Waals surface area contributed by atoms with E-state index >= 15 is 0 Å². The monoisotopic (exact) mass is 249 g/mol. The highest BCUT2D eigenvalue weighted by molar-refractivity contribution is 5.08. The van der Waals surface area contributed by atoms with Crippen LogP contribution < -0.4 is 5.32 Å². The van der Waals surface area contributed by atoms with Crippen molar-refractivity contribution < 1.29 is 0 Å². The van der Waals surface area contributed by atoms with E-state index in [-0.39, 0.29) is 0 Å². The number of hydrogen-bond acceptors (Lipinski definition) is 1. The molecule has 0 aromatic rings. The van der Waals surface area contributed by atoms with Crippen LogP contribution in [0.1, 0.15) is 65.2 Å². The SMILES string of the molecule is CCNC(C1CCC(CC)CC1)C1C2CCCC21. The number of hydrogen-bond donors (Lipinski definition) is 1. The predicted molar refractivity (Wildman–Crippen MR) is 77.5 cm³/mol. The summed E-state index contributed by atoms with van der Waals surface area (Å²) in [6, 6.07) is 0.878. The van der Waals surface area contributed by atoms with E-state index in [9.17, 15) is 0 Å². The normalized spacial score (nSPS) is 44.7. The maximum atomic E-state index is 3.88. The lowest BCUT2D eigenvalue weighted by Crippen LogP contribution is -2.41. The van der Waals surface area contributed by atoms with Crippen molar-refractivity contribution in [2.24, 2.45) is 29.6 Å². The maximum absolute atomic E-state index is 3.88. The van der Waals surface area contributed by atoms with Gasteiger partial charge in [-0.15, -0.1) is 0 Å². The average Bonchev–Trinajstić information content (AvgIpc) is 2.87. The second-order valence-corrected chi connectivity index (χ2v) is 7.11. The fourth-order valence-corrected chi connectivity index (χ4v) is 5.22. The van der Waals surface area contributed by atoms with Crippen LogP contribution in [0.4, 0.5) is 0 Å². The molecule has 18 heavy (non-hydrogen) atoms. The molecule has 0 heterocycles. The van der Waals surface area contributed by atoms with Crippen molar-refractivity contribution in [2.75, 3.05) is 6.54 Å². The van der Waals surface area contributed by atoms with E-state index in [1.54, 1.807) is 12.8 Å². The van der Waals surface area contributed by atoms with Crippen LogP contribution in [0.3, 0.4) is 0 Å². The van der Waals surface area contributed by atoms with Crippen molar-refractivity contribution in [3.05, 3.63) is 0 Å². The van der Waals surface area contributed by atoms with Gasteiger partial charge in [-0.3, -0.25) is 0 Å². The lowest BCUT2D eigenvalue weighted by Gasteiger charge is -2.35. The zero-order chi connectivity index (χ0) is 12.5. The highest BCUT2D eigenvalue weighted by Crippen LogP contribution is 2.60. The van der Waals surface area contributed by atoms with E-state index in [2.05, 4.69) is 19.2 Å². The quantitative estimate of drug-likeness (QED) is 0.769. The van der Waals surface area contributed by atoms with Crippen molar-refractivity contribution in [3.63, 3.8) is 0 Å². The van der Waals surface area contributed by atoms with Crippen molar-refractivity contribution in [3.8, 4) is 0 Å². The van der Waals surface area contributed by atoms with Crippen LogP contribution in [-0.4, -0.2) is 12.6 Å². The molecule has 3 fully saturated rings. The Bertz CT molecular complexity index is 257. The highest BCUT2D eigenvalue weighted by Gasteiger charge is 2.56. The molecule has 3 rings (SSSR count). The van der Waals surface area contributed by atoms with Crippen molar-refractivity contribution in [1.29, 1.82) is 0 Å². The fraction of sp³-hybridized carbons (Fsp3) is 1.00. The smallest absolute Gasteiger partial charge is 0.0129 e. The van der Waals surface area contributed by atoms with Gasteiger partial charge in [0.25, 0.3) is 0 Å². The van der Waals surface area contributed by atoms with Crippen LogP contribution in [0, 0.1) is 29.6 Å². The summed E-state index contributed by atoms with van der Waals surface area (Å²) in [7, 11) is 0. The molecule has 0 amide bonds. The first-order valence-electron chi connectivity index (χ1n) is 8.58. The Morgan fingerprint density at radius 3 is 2.17 bits per heavy atom. The van der Waals surface area contributed by atoms with E-state index in [0.717, 1.165) is 35.6 Å². The highest BCUT2D eigenvalue weighted by atomic mass is 14.9. The summed E-state index contributed by atoms with van der Waals surface area (Å²) in [5, 5.41) is 3.88. The summed E-state index contributed by atoms with van der Waals surface area (Å²) in [4.78, 5) is 0. The number of nitrogens with one attached hydrogen (secondary N) is 1. The molecule has 3 saturated carbocycles. The lowest BCUT2D eigenvalue weighted by atomic mass is 9.75. The van der Waals surface area contributed by atoms with E-state index < -0.39 is 0 Å². The van der Waals surface area contributed by atoms with Gasteiger partial charge < -0.3 is 5.32 Å². The molecular weight excluding hydrogens is 218 g/mol. The van der Waals surface area contributed by atoms with Crippen molar-refractivity contribution in [1.82, 2.24) is 5.32 Å². The molecule has 0 aliphatic heterocycles. The molecule has 3 atom stereocenters. The van der Waals surface area contributed by atoms with Gasteiger partial charge in [0, 0.05) is 6.04 Å². The van der Waals surface area contributed by atoms with E-state index in [0.29, 0.717) is 0 Å². The number of rotatable bonds is 5. The average molecular weight is 249 g/mol. The summed E-state index contributed by atoms with van der Waals surface area (Å²) >= 11 is 0. The molecule has 3 aliphatic carbocycles. The van der Waals surface area contributed by atoms with Crippen LogP contribution in [0.15, 0.2) is 0 Å². The maximum Gasteiger partial charge on any atom is 0.0129 e. The summed E-state index contributed by atoms with van der Waals surface area (Å²) in [5.74, 6) is 5.36. The molecule has 1 nitrogen and oxygen atoms in total. The Morgan fingerprint density at radius 2 is 1.61 bits per heavy atom. The molecule has 0 saturated heterocycles. The Hall–Kier alpha value is -0.0400. The van der Waals surface area contributed by atoms with Gasteiger partial charge in [0.2, 0.25) is 0 Å². The second kappa shape index (κ2) is 5.53. The molecule has 1 N–H and O–H groups in total. The Balaban J connectivity index is 1.57. The van der Waals surface area contributed by atoms with E-state index in [1.807, 2.05) is 0 Å². The molecule has 1 heteroatoms. The van der Waals surface area contributed by atoms with Crippen molar-refractivity contribution >= 4 is 0 Å². The van der Waals surface area contributed by atoms with Crippen LogP contribution in [0.2, 0.25) is 0 Å². The van der Waals surface area contributed by atoms with Gasteiger partial charge in [0.05, 0.1) is 0 Å². The first-order chi connectivity index (χ1) is 8.85. The van der Waals surface area contributed by atoms with Gasteiger partial charge in [-0.25, -0.2) is 0 Å². The molecule has 0 aromatic heterocycles. The van der Waals surface area contributed by atoms with Crippen LogP contribution in [0.5, 0.6) is 0 Å². The molecule has 0 spiro atoms. The summed E-state index contributed by atoms with van der Waals surface area (Å²) in [5.41, 5.74) is 0. The lowest BCUT2D eigenvalue weighted by molar-refractivity contribution is 0.195. The van der Waals surface area contributed by atoms with Crippen LogP contribution >= 0.6 is 0 Å². The van der Waals surface area contributed by atoms with Crippen molar-refractivity contribution in [2.45, 2.75) is 71.3 Å². The van der Waals surface area contributed by atoms with Gasteiger partial charge in [0.1, 0.15) is 0 Å². The zero-order valence-corrected chi connectivity index (χ0v) is 12.3. The molecule has 0 aromatic carbocycles. The first-order valence-corrected chi connectivity index (χ1v) is 8.58. The third-order valence-electron chi connectivity index (χ3n) is 6.30. The molecule has 0 bridgehead atoms. The summed E-state index contributed by atoms with van der Waals surface area (Å²) < 4.78 is 0. The Morgan fingerprint density at radius 1 is 0.944 bits per heavy atom. The van der Waals surface area contributed by atoms with E-state index in [4.69, 9.17) is 0 Å². The molecular formula is C17H31N. The van der Waals surface area contributed by atoms with Gasteiger partial charge in [0.15, 0.2) is 0 Å². The van der Waals surface area contributed by atoms with Crippen LogP contribution in [0.25, 0.3) is 0 Å². The number of fused-ring (bicyclic) bond motifs is 1. The fourth-order valence-electron chi connectivity index (χ4n) is 5.22. The van der Waals surface area contributed by atoms with E-state index in [1.165, 1.54) is 45.1 Å². The minimum absolute atomic E-state index is 0.878. The minimum Gasteiger partial charge on any atom is -0.314 e. The largest absolute Gasteiger partial charge is 0.314 e. The second-order valence-electron chi connectivity index (χ2n) is 7.11. The van der Waals surface area contributed by atoms with Crippen LogP contribution in [-0.2, 0) is 0 Å². The molecule has 0 radical (unpaired) electrons. The Kier molecular flexibility index (Phi) is 3.98. The first kappa shape index (κ1) is 13.0. The Labute approximate surface area is 113 Å². The molecule has 3 unspecified atom stereocenters.